The van der Waals surface area contributed by atoms with Gasteiger partial charge in [-0.3, -0.25) is 0 Å². The van der Waals surface area contributed by atoms with Crippen molar-refractivity contribution in [2.45, 2.75) is 38.5 Å². The van der Waals surface area contributed by atoms with Crippen molar-refractivity contribution in [2.24, 2.45) is 5.92 Å². The number of aryl methyl sites for hydroxylation is 1. The molecule has 7 nitrogen and oxygen atoms in total. The molecule has 3 aromatic rings. The van der Waals surface area contributed by atoms with E-state index in [1.165, 1.54) is 0 Å². The average molecular weight is 412 g/mol. The highest BCUT2D eigenvalue weighted by molar-refractivity contribution is 7.89. The lowest BCUT2D eigenvalue weighted by atomic mass is 10.0. The van der Waals surface area contributed by atoms with Crippen LogP contribution in [0.5, 0.6) is 0 Å². The third kappa shape index (κ3) is 3.70. The number of benzene rings is 1. The molecule has 0 spiro atoms. The lowest BCUT2D eigenvalue weighted by molar-refractivity contribution is 0.281. The molecule has 0 amide bonds. The predicted octanol–water partition coefficient (Wildman–Crippen LogP) is 3.37. The molecular weight excluding hydrogens is 386 g/mol. The van der Waals surface area contributed by atoms with E-state index in [1.807, 2.05) is 42.5 Å². The van der Waals surface area contributed by atoms with E-state index in [0.717, 1.165) is 24.1 Å². The average Bonchev–Trinajstić information content (AvgIpc) is 3.03. The summed E-state index contributed by atoms with van der Waals surface area (Å²) in [6.07, 6.45) is 1.95. The molecule has 0 aliphatic carbocycles. The van der Waals surface area contributed by atoms with Crippen molar-refractivity contribution in [2.75, 3.05) is 13.1 Å². The molecule has 1 atom stereocenters. The van der Waals surface area contributed by atoms with E-state index in [4.69, 9.17) is 0 Å². The highest BCUT2D eigenvalue weighted by Crippen LogP contribution is 2.28. The SMILES string of the molecule is Cc1nn(-c2ccc(-c3ccccc3)nn2)c(C)c1S(=O)(=O)N1CCCC(C)C1. The van der Waals surface area contributed by atoms with Crippen LogP contribution < -0.4 is 0 Å². The summed E-state index contributed by atoms with van der Waals surface area (Å²) in [6.45, 7) is 6.71. The van der Waals surface area contributed by atoms with Gasteiger partial charge in [0.05, 0.1) is 17.1 Å². The zero-order chi connectivity index (χ0) is 20.6. The van der Waals surface area contributed by atoms with Crippen molar-refractivity contribution < 1.29 is 8.42 Å². The summed E-state index contributed by atoms with van der Waals surface area (Å²) < 4.78 is 29.7. The van der Waals surface area contributed by atoms with Crippen LogP contribution in [0.15, 0.2) is 47.4 Å². The maximum absolute atomic E-state index is 13.3. The number of nitrogens with zero attached hydrogens (tertiary/aromatic N) is 5. The first kappa shape index (κ1) is 19.7. The van der Waals surface area contributed by atoms with Crippen LogP contribution in [-0.4, -0.2) is 45.8 Å². The lowest BCUT2D eigenvalue weighted by Gasteiger charge is -2.30. The smallest absolute Gasteiger partial charge is 0.216 e. The number of sulfonamides is 1. The number of hydrogen-bond donors (Lipinski definition) is 0. The van der Waals surface area contributed by atoms with Gasteiger partial charge in [-0.1, -0.05) is 37.3 Å². The number of hydrogen-bond acceptors (Lipinski definition) is 5. The molecule has 4 rings (SSSR count). The van der Waals surface area contributed by atoms with E-state index in [1.54, 1.807) is 22.8 Å². The fourth-order valence-electron chi connectivity index (χ4n) is 3.92. The van der Waals surface area contributed by atoms with Crippen LogP contribution >= 0.6 is 0 Å². The van der Waals surface area contributed by atoms with Crippen LogP contribution in [-0.2, 0) is 10.0 Å². The molecule has 0 bridgehead atoms. The molecule has 3 heterocycles. The Bertz CT molecular complexity index is 1110. The van der Waals surface area contributed by atoms with Gasteiger partial charge in [0.2, 0.25) is 10.0 Å². The van der Waals surface area contributed by atoms with Crippen molar-refractivity contribution in [1.29, 1.82) is 0 Å². The van der Waals surface area contributed by atoms with E-state index in [2.05, 4.69) is 22.2 Å². The molecule has 1 unspecified atom stereocenters. The highest BCUT2D eigenvalue weighted by atomic mass is 32.2. The van der Waals surface area contributed by atoms with Crippen LogP contribution in [0, 0.1) is 19.8 Å². The highest BCUT2D eigenvalue weighted by Gasteiger charge is 2.33. The van der Waals surface area contributed by atoms with Crippen molar-refractivity contribution in [1.82, 2.24) is 24.3 Å². The summed E-state index contributed by atoms with van der Waals surface area (Å²) in [5.41, 5.74) is 2.77. The van der Waals surface area contributed by atoms with Crippen molar-refractivity contribution >= 4 is 10.0 Å². The first-order valence-electron chi connectivity index (χ1n) is 9.84. The Kier molecular flexibility index (Phi) is 5.23. The summed E-state index contributed by atoms with van der Waals surface area (Å²) in [5.74, 6) is 0.865. The second kappa shape index (κ2) is 7.68. The monoisotopic (exact) mass is 411 g/mol. The van der Waals surface area contributed by atoms with Crippen LogP contribution in [0.25, 0.3) is 17.1 Å². The Morgan fingerprint density at radius 2 is 1.79 bits per heavy atom. The van der Waals surface area contributed by atoms with E-state index in [-0.39, 0.29) is 4.90 Å². The molecule has 29 heavy (non-hydrogen) atoms. The molecule has 1 aromatic carbocycles. The zero-order valence-electron chi connectivity index (χ0n) is 16.9. The van der Waals surface area contributed by atoms with Gasteiger partial charge in [0, 0.05) is 18.7 Å². The predicted molar refractivity (Wildman–Crippen MR) is 111 cm³/mol. The fourth-order valence-corrected chi connectivity index (χ4v) is 5.87. The number of piperidine rings is 1. The maximum atomic E-state index is 13.3. The van der Waals surface area contributed by atoms with E-state index in [9.17, 15) is 8.42 Å². The molecule has 1 saturated heterocycles. The number of aromatic nitrogens is 4. The van der Waals surface area contributed by atoms with Crippen molar-refractivity contribution in [3.63, 3.8) is 0 Å². The summed E-state index contributed by atoms with van der Waals surface area (Å²) in [6, 6.07) is 13.5. The molecule has 1 aliphatic rings. The van der Waals surface area contributed by atoms with Gasteiger partial charge in [-0.15, -0.1) is 10.2 Å². The molecule has 1 aliphatic heterocycles. The quantitative estimate of drug-likeness (QED) is 0.657. The Morgan fingerprint density at radius 3 is 2.45 bits per heavy atom. The molecule has 8 heteroatoms. The Morgan fingerprint density at radius 1 is 1.03 bits per heavy atom. The molecule has 0 radical (unpaired) electrons. The Labute approximate surface area is 171 Å². The van der Waals surface area contributed by atoms with Crippen LogP contribution in [0.4, 0.5) is 0 Å². The second-order valence-electron chi connectivity index (χ2n) is 7.66. The maximum Gasteiger partial charge on any atom is 0.246 e. The van der Waals surface area contributed by atoms with E-state index in [0.29, 0.717) is 36.2 Å². The Balaban J connectivity index is 1.69. The van der Waals surface area contributed by atoms with E-state index >= 15 is 0 Å². The third-order valence-electron chi connectivity index (χ3n) is 5.38. The largest absolute Gasteiger partial charge is 0.246 e. The van der Waals surface area contributed by atoms with Gasteiger partial charge >= 0.3 is 0 Å². The van der Waals surface area contributed by atoms with Gasteiger partial charge in [-0.05, 0) is 44.7 Å². The summed E-state index contributed by atoms with van der Waals surface area (Å²) in [5, 5.41) is 13.1. The standard InChI is InChI=1S/C21H25N5O2S/c1-15-8-7-13-25(14-15)29(27,28)21-16(2)24-26(17(21)3)20-12-11-19(22-23-20)18-9-5-4-6-10-18/h4-6,9-12,15H,7-8,13-14H2,1-3H3. The topological polar surface area (TPSA) is 81.0 Å². The summed E-state index contributed by atoms with van der Waals surface area (Å²) >= 11 is 0. The van der Waals surface area contributed by atoms with Gasteiger partial charge in [-0.2, -0.15) is 9.40 Å². The van der Waals surface area contributed by atoms with Gasteiger partial charge in [0.15, 0.2) is 5.82 Å². The molecule has 0 N–H and O–H groups in total. The summed E-state index contributed by atoms with van der Waals surface area (Å²) in [7, 11) is -3.59. The fraction of sp³-hybridized carbons (Fsp3) is 0.381. The molecule has 152 valence electrons. The molecule has 1 fully saturated rings. The van der Waals surface area contributed by atoms with Gasteiger partial charge in [0.25, 0.3) is 0 Å². The first-order chi connectivity index (χ1) is 13.9. The van der Waals surface area contributed by atoms with Crippen LogP contribution in [0.3, 0.4) is 0 Å². The van der Waals surface area contributed by atoms with Crippen molar-refractivity contribution in [3.8, 4) is 17.1 Å². The lowest BCUT2D eigenvalue weighted by Crippen LogP contribution is -2.39. The molecule has 2 aromatic heterocycles. The Hall–Kier alpha value is -2.58. The van der Waals surface area contributed by atoms with Crippen LogP contribution in [0.2, 0.25) is 0 Å². The van der Waals surface area contributed by atoms with Crippen molar-refractivity contribution in [3.05, 3.63) is 53.9 Å². The number of rotatable bonds is 4. The van der Waals surface area contributed by atoms with Crippen LogP contribution in [0.1, 0.15) is 31.2 Å². The van der Waals surface area contributed by atoms with Gasteiger partial charge < -0.3 is 0 Å². The second-order valence-corrected chi connectivity index (χ2v) is 9.54. The zero-order valence-corrected chi connectivity index (χ0v) is 17.7. The third-order valence-corrected chi connectivity index (χ3v) is 7.50. The minimum Gasteiger partial charge on any atom is -0.216 e. The first-order valence-corrected chi connectivity index (χ1v) is 11.3. The van der Waals surface area contributed by atoms with Gasteiger partial charge in [0.1, 0.15) is 4.90 Å². The van der Waals surface area contributed by atoms with Gasteiger partial charge in [-0.25, -0.2) is 13.1 Å². The molecule has 0 saturated carbocycles. The molecular formula is C21H25N5O2S. The minimum absolute atomic E-state index is 0.278. The summed E-state index contributed by atoms with van der Waals surface area (Å²) in [4.78, 5) is 0.278. The minimum atomic E-state index is -3.59. The normalized spacial score (nSPS) is 18.1. The van der Waals surface area contributed by atoms with E-state index < -0.39 is 10.0 Å².